The van der Waals surface area contributed by atoms with Crippen molar-refractivity contribution in [3.8, 4) is 0 Å². The smallest absolute Gasteiger partial charge is 0.232 e. The number of hydrogen-bond donors (Lipinski definition) is 1. The predicted octanol–water partition coefficient (Wildman–Crippen LogP) is 0.223. The number of fused-ring (bicyclic) bond motifs is 1. The summed E-state index contributed by atoms with van der Waals surface area (Å²) in [5.41, 5.74) is 0. The van der Waals surface area contributed by atoms with Crippen LogP contribution in [0.2, 0.25) is 0 Å². The van der Waals surface area contributed by atoms with E-state index in [4.69, 9.17) is 0 Å². The van der Waals surface area contributed by atoms with Gasteiger partial charge in [-0.2, -0.15) is 12.6 Å². The molecule has 2 aliphatic rings. The second-order valence-corrected chi connectivity index (χ2v) is 4.15. The van der Waals surface area contributed by atoms with E-state index in [-0.39, 0.29) is 5.91 Å². The molecule has 0 N–H and O–H groups in total. The van der Waals surface area contributed by atoms with Gasteiger partial charge in [-0.3, -0.25) is 9.69 Å². The Balaban J connectivity index is 1.93. The Hall–Kier alpha value is -0.220. The van der Waals surface area contributed by atoms with E-state index in [0.717, 1.165) is 19.6 Å². The molecule has 0 spiro atoms. The molecule has 0 aliphatic carbocycles. The lowest BCUT2D eigenvalue weighted by Crippen LogP contribution is -2.52. The molecule has 1 atom stereocenters. The van der Waals surface area contributed by atoms with Crippen molar-refractivity contribution in [1.82, 2.24) is 9.80 Å². The number of thiol groups is 1. The molecule has 1 amide bonds. The third-order valence-corrected chi connectivity index (χ3v) is 3.35. The SMILES string of the molecule is O=C(CS)N1CCN2CCCC2C1. The highest BCUT2D eigenvalue weighted by molar-refractivity contribution is 7.81. The van der Waals surface area contributed by atoms with Crippen molar-refractivity contribution in [2.24, 2.45) is 0 Å². The lowest BCUT2D eigenvalue weighted by Gasteiger charge is -2.37. The lowest BCUT2D eigenvalue weighted by molar-refractivity contribution is -0.130. The number of piperazine rings is 1. The van der Waals surface area contributed by atoms with E-state index in [1.807, 2.05) is 4.90 Å². The van der Waals surface area contributed by atoms with Gasteiger partial charge in [0.15, 0.2) is 0 Å². The number of nitrogens with zero attached hydrogens (tertiary/aromatic N) is 2. The average Bonchev–Trinajstić information content (AvgIpc) is 2.63. The second kappa shape index (κ2) is 3.88. The molecule has 13 heavy (non-hydrogen) atoms. The van der Waals surface area contributed by atoms with Crippen LogP contribution in [0.5, 0.6) is 0 Å². The molecule has 2 aliphatic heterocycles. The summed E-state index contributed by atoms with van der Waals surface area (Å²) in [6.45, 7) is 4.12. The van der Waals surface area contributed by atoms with E-state index in [9.17, 15) is 4.79 Å². The van der Waals surface area contributed by atoms with Crippen LogP contribution in [0, 0.1) is 0 Å². The van der Waals surface area contributed by atoms with Gasteiger partial charge in [-0.05, 0) is 19.4 Å². The molecule has 0 radical (unpaired) electrons. The van der Waals surface area contributed by atoms with Crippen LogP contribution in [0.4, 0.5) is 0 Å². The summed E-state index contributed by atoms with van der Waals surface area (Å²) >= 11 is 4.02. The molecule has 2 saturated heterocycles. The zero-order valence-electron chi connectivity index (χ0n) is 7.78. The van der Waals surface area contributed by atoms with Gasteiger partial charge in [0, 0.05) is 25.7 Å². The standard InChI is InChI=1S/C9H16N2OS/c12-9(7-13)11-5-4-10-3-1-2-8(10)6-11/h8,13H,1-7H2. The summed E-state index contributed by atoms with van der Waals surface area (Å²) in [6, 6.07) is 0.637. The summed E-state index contributed by atoms with van der Waals surface area (Å²) in [5.74, 6) is 0.544. The van der Waals surface area contributed by atoms with Gasteiger partial charge < -0.3 is 4.90 Å². The highest BCUT2D eigenvalue weighted by Crippen LogP contribution is 2.21. The minimum Gasteiger partial charge on any atom is -0.339 e. The third-order valence-electron chi connectivity index (χ3n) is 3.08. The molecule has 1 unspecified atom stereocenters. The molecule has 74 valence electrons. The summed E-state index contributed by atoms with van der Waals surface area (Å²) in [6.07, 6.45) is 2.56. The van der Waals surface area contributed by atoms with Gasteiger partial charge in [0.25, 0.3) is 0 Å². The van der Waals surface area contributed by atoms with Crippen molar-refractivity contribution >= 4 is 18.5 Å². The zero-order chi connectivity index (χ0) is 9.26. The fraction of sp³-hybridized carbons (Fsp3) is 0.889. The van der Waals surface area contributed by atoms with Crippen LogP contribution >= 0.6 is 12.6 Å². The Morgan fingerprint density at radius 3 is 3.00 bits per heavy atom. The van der Waals surface area contributed by atoms with Crippen molar-refractivity contribution < 1.29 is 4.79 Å². The number of carbonyl (C=O) groups excluding carboxylic acids is 1. The fourth-order valence-corrected chi connectivity index (χ4v) is 2.52. The van der Waals surface area contributed by atoms with Crippen LogP contribution in [0.25, 0.3) is 0 Å². The molecule has 2 fully saturated rings. The van der Waals surface area contributed by atoms with Crippen molar-refractivity contribution in [3.63, 3.8) is 0 Å². The number of rotatable bonds is 1. The molecular weight excluding hydrogens is 184 g/mol. The first-order valence-corrected chi connectivity index (χ1v) is 5.57. The maximum atomic E-state index is 11.4. The zero-order valence-corrected chi connectivity index (χ0v) is 8.67. The molecule has 0 saturated carbocycles. The van der Waals surface area contributed by atoms with E-state index in [1.54, 1.807) is 0 Å². The average molecular weight is 200 g/mol. The molecule has 0 aromatic rings. The highest BCUT2D eigenvalue weighted by Gasteiger charge is 2.31. The Bertz CT molecular complexity index is 210. The largest absolute Gasteiger partial charge is 0.339 e. The first kappa shape index (κ1) is 9.34. The van der Waals surface area contributed by atoms with Crippen molar-refractivity contribution in [3.05, 3.63) is 0 Å². The quantitative estimate of drug-likeness (QED) is 0.612. The summed E-state index contributed by atoms with van der Waals surface area (Å²) < 4.78 is 0. The van der Waals surface area contributed by atoms with Gasteiger partial charge in [-0.25, -0.2) is 0 Å². The molecule has 4 heteroatoms. The van der Waals surface area contributed by atoms with E-state index >= 15 is 0 Å². The molecule has 0 aromatic carbocycles. The van der Waals surface area contributed by atoms with Gasteiger partial charge in [-0.15, -0.1) is 0 Å². The normalized spacial score (nSPS) is 29.0. The summed E-state index contributed by atoms with van der Waals surface area (Å²) in [7, 11) is 0. The third kappa shape index (κ3) is 1.83. The first-order valence-electron chi connectivity index (χ1n) is 4.94. The van der Waals surface area contributed by atoms with E-state index in [2.05, 4.69) is 17.5 Å². The van der Waals surface area contributed by atoms with Crippen molar-refractivity contribution in [1.29, 1.82) is 0 Å². The van der Waals surface area contributed by atoms with Crippen LogP contribution in [0.15, 0.2) is 0 Å². The fourth-order valence-electron chi connectivity index (χ4n) is 2.32. The van der Waals surface area contributed by atoms with E-state index < -0.39 is 0 Å². The Morgan fingerprint density at radius 2 is 2.23 bits per heavy atom. The Kier molecular flexibility index (Phi) is 2.79. The monoisotopic (exact) mass is 200 g/mol. The summed E-state index contributed by atoms with van der Waals surface area (Å²) in [4.78, 5) is 15.8. The number of carbonyl (C=O) groups is 1. The molecule has 3 nitrogen and oxygen atoms in total. The number of hydrogen-bond acceptors (Lipinski definition) is 3. The van der Waals surface area contributed by atoms with Crippen LogP contribution in [0.3, 0.4) is 0 Å². The van der Waals surface area contributed by atoms with E-state index in [1.165, 1.54) is 19.4 Å². The molecule has 0 bridgehead atoms. The lowest BCUT2D eigenvalue weighted by atomic mass is 10.1. The maximum Gasteiger partial charge on any atom is 0.232 e. The van der Waals surface area contributed by atoms with Crippen LogP contribution < -0.4 is 0 Å². The van der Waals surface area contributed by atoms with Crippen LogP contribution in [0.1, 0.15) is 12.8 Å². The van der Waals surface area contributed by atoms with Crippen molar-refractivity contribution in [2.45, 2.75) is 18.9 Å². The topological polar surface area (TPSA) is 23.6 Å². The highest BCUT2D eigenvalue weighted by atomic mass is 32.1. The minimum absolute atomic E-state index is 0.190. The van der Waals surface area contributed by atoms with Crippen LogP contribution in [-0.4, -0.2) is 53.7 Å². The van der Waals surface area contributed by atoms with Gasteiger partial charge in [0.2, 0.25) is 5.91 Å². The molecule has 2 rings (SSSR count). The Labute approximate surface area is 84.5 Å². The second-order valence-electron chi connectivity index (χ2n) is 3.83. The van der Waals surface area contributed by atoms with Gasteiger partial charge >= 0.3 is 0 Å². The number of amides is 1. The Morgan fingerprint density at radius 1 is 1.38 bits per heavy atom. The van der Waals surface area contributed by atoms with Crippen molar-refractivity contribution in [2.75, 3.05) is 31.9 Å². The first-order chi connectivity index (χ1) is 6.31. The summed E-state index contributed by atoms with van der Waals surface area (Å²) in [5, 5.41) is 0. The van der Waals surface area contributed by atoms with E-state index in [0.29, 0.717) is 11.8 Å². The molecule has 0 aromatic heterocycles. The minimum atomic E-state index is 0.190. The molecular formula is C9H16N2OS. The van der Waals surface area contributed by atoms with Gasteiger partial charge in [0.05, 0.1) is 5.75 Å². The molecule has 2 heterocycles. The van der Waals surface area contributed by atoms with Gasteiger partial charge in [0.1, 0.15) is 0 Å². The van der Waals surface area contributed by atoms with Gasteiger partial charge in [-0.1, -0.05) is 0 Å². The van der Waals surface area contributed by atoms with Crippen LogP contribution in [-0.2, 0) is 4.79 Å². The predicted molar refractivity (Wildman–Crippen MR) is 55.0 cm³/mol. The maximum absolute atomic E-state index is 11.4.